The summed E-state index contributed by atoms with van der Waals surface area (Å²) in [6.45, 7) is 0. The van der Waals surface area contributed by atoms with Gasteiger partial charge in [-0.15, -0.1) is 0 Å². The Bertz CT molecular complexity index is 897. The van der Waals surface area contributed by atoms with E-state index in [9.17, 15) is 23.3 Å². The number of nitro groups is 1. The van der Waals surface area contributed by atoms with Crippen molar-refractivity contribution in [3.63, 3.8) is 0 Å². The second-order valence-corrected chi connectivity index (χ2v) is 6.39. The number of hydrogen-bond donors (Lipinski definition) is 2. The third-order valence-corrected chi connectivity index (χ3v) is 4.54. The summed E-state index contributed by atoms with van der Waals surface area (Å²) in [4.78, 5) is 20.5. The first-order valence-corrected chi connectivity index (χ1v) is 7.87. The van der Waals surface area contributed by atoms with Crippen molar-refractivity contribution in [2.24, 2.45) is 0 Å². The lowest BCUT2D eigenvalue weighted by Gasteiger charge is -2.09. The predicted octanol–water partition coefficient (Wildman–Crippen LogP) is 2.75. The van der Waals surface area contributed by atoms with E-state index in [2.05, 4.69) is 4.72 Å². The first kappa shape index (κ1) is 16.7. The normalized spacial score (nSPS) is 11.0. The van der Waals surface area contributed by atoms with Crippen LogP contribution in [-0.2, 0) is 10.0 Å². The highest BCUT2D eigenvalue weighted by atomic mass is 35.5. The lowest BCUT2D eigenvalue weighted by molar-refractivity contribution is -0.387. The van der Waals surface area contributed by atoms with Gasteiger partial charge in [0.2, 0.25) is 0 Å². The Morgan fingerprint density at radius 3 is 2.43 bits per heavy atom. The topological polar surface area (TPSA) is 127 Å². The van der Waals surface area contributed by atoms with Crippen LogP contribution in [0.3, 0.4) is 0 Å². The molecule has 0 bridgehead atoms. The number of carboxylic acids is 1. The highest BCUT2D eigenvalue weighted by Crippen LogP contribution is 2.27. The van der Waals surface area contributed by atoms with Gasteiger partial charge in [0.1, 0.15) is 0 Å². The van der Waals surface area contributed by atoms with Crippen LogP contribution >= 0.6 is 11.6 Å². The minimum absolute atomic E-state index is 0.0156. The van der Waals surface area contributed by atoms with Crippen LogP contribution in [0.4, 0.5) is 11.4 Å². The van der Waals surface area contributed by atoms with Gasteiger partial charge in [-0.3, -0.25) is 14.8 Å². The van der Waals surface area contributed by atoms with E-state index in [4.69, 9.17) is 16.7 Å². The zero-order chi connectivity index (χ0) is 17.2. The molecule has 0 unspecified atom stereocenters. The van der Waals surface area contributed by atoms with E-state index in [1.165, 1.54) is 18.2 Å². The molecular weight excluding hydrogens is 348 g/mol. The fourth-order valence-corrected chi connectivity index (χ4v) is 3.28. The number of anilines is 1. The molecule has 0 spiro atoms. The maximum Gasteiger partial charge on any atom is 0.337 e. The number of carbonyl (C=O) groups is 1. The Balaban J connectivity index is 2.42. The molecule has 0 fully saturated rings. The van der Waals surface area contributed by atoms with Gasteiger partial charge in [-0.25, -0.2) is 13.2 Å². The highest BCUT2D eigenvalue weighted by Gasteiger charge is 2.25. The van der Waals surface area contributed by atoms with Crippen LogP contribution in [0.15, 0.2) is 47.4 Å². The number of benzene rings is 2. The predicted molar refractivity (Wildman–Crippen MR) is 82.3 cm³/mol. The summed E-state index contributed by atoms with van der Waals surface area (Å²) >= 11 is 5.76. The number of nitrogens with one attached hydrogen (secondary N) is 1. The Morgan fingerprint density at radius 2 is 1.87 bits per heavy atom. The zero-order valence-electron chi connectivity index (χ0n) is 11.3. The second-order valence-electron chi connectivity index (χ2n) is 4.33. The highest BCUT2D eigenvalue weighted by molar-refractivity contribution is 7.92. The summed E-state index contributed by atoms with van der Waals surface area (Å²) in [5.74, 6) is -1.26. The van der Waals surface area contributed by atoms with Crippen LogP contribution in [-0.4, -0.2) is 24.4 Å². The Labute approximate surface area is 135 Å². The number of carboxylic acid groups (broad SMARTS) is 1. The van der Waals surface area contributed by atoms with Gasteiger partial charge in [0, 0.05) is 6.07 Å². The molecule has 0 aromatic heterocycles. The molecule has 0 saturated carbocycles. The minimum Gasteiger partial charge on any atom is -0.478 e. The largest absolute Gasteiger partial charge is 0.478 e. The molecule has 23 heavy (non-hydrogen) atoms. The number of para-hydroxylation sites is 1. The van der Waals surface area contributed by atoms with Gasteiger partial charge >= 0.3 is 5.97 Å². The Kier molecular flexibility index (Phi) is 4.52. The van der Waals surface area contributed by atoms with Crippen molar-refractivity contribution in [1.82, 2.24) is 0 Å². The molecule has 2 N–H and O–H groups in total. The number of nitro benzene ring substituents is 1. The molecule has 0 saturated heterocycles. The van der Waals surface area contributed by atoms with Gasteiger partial charge in [-0.1, -0.05) is 23.7 Å². The summed E-state index contributed by atoms with van der Waals surface area (Å²) in [7, 11) is -4.24. The summed E-state index contributed by atoms with van der Waals surface area (Å²) in [6.07, 6.45) is 0. The van der Waals surface area contributed by atoms with Crippen LogP contribution < -0.4 is 4.72 Å². The van der Waals surface area contributed by atoms with E-state index in [0.717, 1.165) is 24.3 Å². The lowest BCUT2D eigenvalue weighted by atomic mass is 10.2. The number of nitrogens with zero attached hydrogens (tertiary/aromatic N) is 1. The van der Waals surface area contributed by atoms with Gasteiger partial charge in [-0.2, -0.15) is 0 Å². The standard InChI is InChI=1S/C13H9ClN2O6S/c14-10-7-8(5-6-9(10)13(17)18)15-23(21,22)12-4-2-1-3-11(12)16(19)20/h1-7,15H,(H,17,18). The maximum atomic E-state index is 12.3. The second kappa shape index (κ2) is 6.23. The first-order valence-electron chi connectivity index (χ1n) is 6.01. The number of sulfonamides is 1. The molecule has 2 aromatic rings. The average Bonchev–Trinajstić information content (AvgIpc) is 2.46. The average molecular weight is 357 g/mol. The smallest absolute Gasteiger partial charge is 0.337 e. The minimum atomic E-state index is -4.24. The van der Waals surface area contributed by atoms with Crippen LogP contribution in [0.5, 0.6) is 0 Å². The molecule has 0 aliphatic carbocycles. The lowest BCUT2D eigenvalue weighted by Crippen LogP contribution is -2.15. The summed E-state index contributed by atoms with van der Waals surface area (Å²) in [5, 5.41) is 19.6. The Hall–Kier alpha value is -2.65. The van der Waals surface area contributed by atoms with E-state index in [1.807, 2.05) is 0 Å². The van der Waals surface area contributed by atoms with Gasteiger partial charge < -0.3 is 5.11 Å². The molecular formula is C13H9ClN2O6S. The molecule has 0 radical (unpaired) electrons. The SMILES string of the molecule is O=C(O)c1ccc(NS(=O)(=O)c2ccccc2[N+](=O)[O-])cc1Cl. The summed E-state index contributed by atoms with van der Waals surface area (Å²) in [6, 6.07) is 8.28. The number of hydrogen-bond acceptors (Lipinski definition) is 5. The van der Waals surface area contributed by atoms with Gasteiger partial charge in [0.05, 0.1) is 21.2 Å². The molecule has 0 amide bonds. The summed E-state index contributed by atoms with van der Waals surface area (Å²) in [5.41, 5.74) is -0.785. The zero-order valence-corrected chi connectivity index (χ0v) is 12.8. The number of rotatable bonds is 5. The maximum absolute atomic E-state index is 12.3. The van der Waals surface area contributed by atoms with E-state index in [-0.39, 0.29) is 16.3 Å². The van der Waals surface area contributed by atoms with Crippen molar-refractivity contribution in [3.05, 3.63) is 63.2 Å². The third-order valence-electron chi connectivity index (χ3n) is 2.80. The number of halogens is 1. The third kappa shape index (κ3) is 3.58. The molecule has 8 nitrogen and oxygen atoms in total. The van der Waals surface area contributed by atoms with E-state index < -0.39 is 31.5 Å². The molecule has 0 atom stereocenters. The molecule has 0 aliphatic rings. The van der Waals surface area contributed by atoms with Crippen molar-refractivity contribution in [2.75, 3.05) is 4.72 Å². The fraction of sp³-hybridized carbons (Fsp3) is 0. The van der Waals surface area contributed by atoms with E-state index >= 15 is 0 Å². The van der Waals surface area contributed by atoms with Gasteiger partial charge in [0.15, 0.2) is 4.90 Å². The van der Waals surface area contributed by atoms with Crippen molar-refractivity contribution in [3.8, 4) is 0 Å². The quantitative estimate of drug-likeness (QED) is 0.626. The molecule has 0 aliphatic heterocycles. The van der Waals surface area contributed by atoms with Gasteiger partial charge in [-0.05, 0) is 24.3 Å². The monoisotopic (exact) mass is 356 g/mol. The Morgan fingerprint density at radius 1 is 1.22 bits per heavy atom. The fourth-order valence-electron chi connectivity index (χ4n) is 1.80. The van der Waals surface area contributed by atoms with Crippen LogP contribution in [0.1, 0.15) is 10.4 Å². The van der Waals surface area contributed by atoms with E-state index in [1.54, 1.807) is 0 Å². The van der Waals surface area contributed by atoms with Crippen molar-refractivity contribution >= 4 is 39.0 Å². The number of aromatic carboxylic acids is 1. The van der Waals surface area contributed by atoms with Crippen LogP contribution in [0.25, 0.3) is 0 Å². The van der Waals surface area contributed by atoms with Crippen molar-refractivity contribution in [2.45, 2.75) is 4.90 Å². The van der Waals surface area contributed by atoms with Crippen LogP contribution in [0.2, 0.25) is 5.02 Å². The van der Waals surface area contributed by atoms with Crippen LogP contribution in [0, 0.1) is 10.1 Å². The summed E-state index contributed by atoms with van der Waals surface area (Å²) < 4.78 is 26.7. The molecule has 120 valence electrons. The van der Waals surface area contributed by atoms with Gasteiger partial charge in [0.25, 0.3) is 15.7 Å². The van der Waals surface area contributed by atoms with E-state index in [0.29, 0.717) is 0 Å². The first-order chi connectivity index (χ1) is 10.7. The van der Waals surface area contributed by atoms with Crippen molar-refractivity contribution < 1.29 is 23.2 Å². The molecule has 2 aromatic carbocycles. The molecule has 0 heterocycles. The van der Waals surface area contributed by atoms with Crippen molar-refractivity contribution in [1.29, 1.82) is 0 Å². The molecule has 10 heteroatoms. The molecule has 2 rings (SSSR count).